The zero-order valence-electron chi connectivity index (χ0n) is 19.2. The zero-order valence-corrected chi connectivity index (χ0v) is 20.0. The molecule has 0 aromatic heterocycles. The standard InChI is InChI=1S/C25H27N3O5S/c1-16-14-18-8-5-6-9-20(18)28(16)24(29)17(2)33-25(30)19-11-12-21-22(15-19)34(31,32)26-23-10-4-3-7-13-27(21)23/h5-6,8-9,11-12,15-17H,3-4,7,10,13-14H2,1-2H3/t16-,17+/m0/s1. The maximum absolute atomic E-state index is 13.1. The number of esters is 1. The summed E-state index contributed by atoms with van der Waals surface area (Å²) >= 11 is 0. The lowest BCUT2D eigenvalue weighted by Crippen LogP contribution is -2.43. The molecule has 2 aromatic carbocycles. The molecular weight excluding hydrogens is 454 g/mol. The molecule has 1 fully saturated rings. The van der Waals surface area contributed by atoms with Crippen LogP contribution in [0.4, 0.5) is 11.4 Å². The first-order valence-corrected chi connectivity index (χ1v) is 13.1. The van der Waals surface area contributed by atoms with Gasteiger partial charge in [-0.05, 0) is 62.9 Å². The molecule has 0 aliphatic carbocycles. The quantitative estimate of drug-likeness (QED) is 0.621. The van der Waals surface area contributed by atoms with Gasteiger partial charge in [0.05, 0.1) is 11.3 Å². The van der Waals surface area contributed by atoms with Crippen LogP contribution in [0.5, 0.6) is 0 Å². The van der Waals surface area contributed by atoms with Gasteiger partial charge in [0.15, 0.2) is 6.10 Å². The second-order valence-electron chi connectivity index (χ2n) is 9.07. The Hall–Kier alpha value is -3.20. The molecule has 2 aromatic rings. The van der Waals surface area contributed by atoms with Gasteiger partial charge in [0, 0.05) is 24.7 Å². The molecule has 0 unspecified atom stereocenters. The summed E-state index contributed by atoms with van der Waals surface area (Å²) in [5.74, 6) is -0.501. The molecule has 1 saturated heterocycles. The number of rotatable bonds is 3. The molecule has 2 atom stereocenters. The van der Waals surface area contributed by atoms with Crippen molar-refractivity contribution < 1.29 is 22.7 Å². The number of benzene rings is 2. The van der Waals surface area contributed by atoms with Crippen molar-refractivity contribution in [2.24, 2.45) is 4.40 Å². The minimum absolute atomic E-state index is 0.00586. The number of carbonyl (C=O) groups excluding carboxylic acids is 2. The maximum atomic E-state index is 13.1. The summed E-state index contributed by atoms with van der Waals surface area (Å²) in [5, 5.41) is 0. The molecule has 178 valence electrons. The summed E-state index contributed by atoms with van der Waals surface area (Å²) < 4.78 is 35.2. The predicted molar refractivity (Wildman–Crippen MR) is 129 cm³/mol. The first kappa shape index (κ1) is 22.6. The average molecular weight is 482 g/mol. The summed E-state index contributed by atoms with van der Waals surface area (Å²) in [6, 6.07) is 12.1. The minimum atomic E-state index is -3.92. The van der Waals surface area contributed by atoms with E-state index >= 15 is 0 Å². The van der Waals surface area contributed by atoms with Crippen molar-refractivity contribution in [1.29, 1.82) is 0 Å². The van der Waals surface area contributed by atoms with E-state index in [1.165, 1.54) is 13.0 Å². The molecule has 0 bridgehead atoms. The number of ether oxygens (including phenoxy) is 1. The monoisotopic (exact) mass is 481 g/mol. The SMILES string of the molecule is C[C@@H](OC(=O)c1ccc2c(c1)S(=O)(=O)N=C1CCCCCN12)C(=O)N1c2ccccc2C[C@@H]1C. The number of nitrogens with zero attached hydrogens (tertiary/aromatic N) is 3. The zero-order chi connectivity index (χ0) is 24.0. The van der Waals surface area contributed by atoms with Crippen molar-refractivity contribution >= 4 is 39.1 Å². The maximum Gasteiger partial charge on any atom is 0.338 e. The van der Waals surface area contributed by atoms with Gasteiger partial charge >= 0.3 is 5.97 Å². The minimum Gasteiger partial charge on any atom is -0.449 e. The number of fused-ring (bicyclic) bond motifs is 4. The average Bonchev–Trinajstić information content (AvgIpc) is 2.97. The van der Waals surface area contributed by atoms with Crippen LogP contribution in [-0.4, -0.2) is 44.8 Å². The van der Waals surface area contributed by atoms with Gasteiger partial charge in [0.1, 0.15) is 10.7 Å². The lowest BCUT2D eigenvalue weighted by atomic mass is 10.1. The van der Waals surface area contributed by atoms with Gasteiger partial charge in [0.25, 0.3) is 15.9 Å². The van der Waals surface area contributed by atoms with Crippen LogP contribution in [0.3, 0.4) is 0 Å². The number of carbonyl (C=O) groups is 2. The Morgan fingerprint density at radius 3 is 2.71 bits per heavy atom. The third-order valence-electron chi connectivity index (χ3n) is 6.66. The smallest absolute Gasteiger partial charge is 0.338 e. The van der Waals surface area contributed by atoms with Crippen molar-refractivity contribution in [2.75, 3.05) is 16.3 Å². The topological polar surface area (TPSA) is 96.4 Å². The lowest BCUT2D eigenvalue weighted by Gasteiger charge is -2.29. The highest BCUT2D eigenvalue weighted by atomic mass is 32.2. The van der Waals surface area contributed by atoms with Crippen molar-refractivity contribution in [2.45, 2.75) is 63.0 Å². The summed E-state index contributed by atoms with van der Waals surface area (Å²) in [7, 11) is -3.92. The normalized spacial score (nSPS) is 21.5. The Morgan fingerprint density at radius 1 is 1.09 bits per heavy atom. The molecule has 8 nitrogen and oxygen atoms in total. The van der Waals surface area contributed by atoms with E-state index in [1.807, 2.05) is 36.1 Å². The molecule has 5 rings (SSSR count). The molecule has 0 radical (unpaired) electrons. The number of hydrogen-bond donors (Lipinski definition) is 0. The number of anilines is 2. The van der Waals surface area contributed by atoms with E-state index in [2.05, 4.69) is 4.40 Å². The van der Waals surface area contributed by atoms with E-state index in [1.54, 1.807) is 17.0 Å². The molecular formula is C25H27N3O5S. The van der Waals surface area contributed by atoms with Crippen molar-refractivity contribution in [3.05, 3.63) is 53.6 Å². The van der Waals surface area contributed by atoms with Gasteiger partial charge in [0.2, 0.25) is 0 Å². The predicted octanol–water partition coefficient (Wildman–Crippen LogP) is 3.69. The molecule has 0 saturated carbocycles. The summed E-state index contributed by atoms with van der Waals surface area (Å²) in [4.78, 5) is 29.6. The fourth-order valence-electron chi connectivity index (χ4n) is 4.98. The van der Waals surface area contributed by atoms with E-state index in [-0.39, 0.29) is 22.4 Å². The molecule has 1 amide bonds. The molecule has 0 N–H and O–H groups in total. The van der Waals surface area contributed by atoms with E-state index in [0.29, 0.717) is 24.5 Å². The Kier molecular flexibility index (Phi) is 5.67. The number of hydrogen-bond acceptors (Lipinski definition) is 6. The Balaban J connectivity index is 1.37. The van der Waals surface area contributed by atoms with E-state index in [0.717, 1.165) is 36.9 Å². The van der Waals surface area contributed by atoms with Crippen molar-refractivity contribution in [1.82, 2.24) is 0 Å². The molecule has 3 aliphatic rings. The second kappa shape index (κ2) is 8.54. The Labute approximate surface area is 199 Å². The molecule has 34 heavy (non-hydrogen) atoms. The van der Waals surface area contributed by atoms with Crippen LogP contribution in [0.1, 0.15) is 55.5 Å². The van der Waals surface area contributed by atoms with Gasteiger partial charge in [-0.2, -0.15) is 8.42 Å². The third kappa shape index (κ3) is 3.87. The van der Waals surface area contributed by atoms with Gasteiger partial charge in [-0.1, -0.05) is 24.6 Å². The first-order chi connectivity index (χ1) is 16.3. The van der Waals surface area contributed by atoms with Gasteiger partial charge in [-0.3, -0.25) is 4.79 Å². The van der Waals surface area contributed by atoms with Crippen LogP contribution in [-0.2, 0) is 26.0 Å². The summed E-state index contributed by atoms with van der Waals surface area (Å²) in [6.07, 6.45) is 3.19. The summed E-state index contributed by atoms with van der Waals surface area (Å²) in [5.41, 5.74) is 2.52. The van der Waals surface area contributed by atoms with Crippen molar-refractivity contribution in [3.63, 3.8) is 0 Å². The van der Waals surface area contributed by atoms with Crippen molar-refractivity contribution in [3.8, 4) is 0 Å². The second-order valence-corrected chi connectivity index (χ2v) is 10.6. The lowest BCUT2D eigenvalue weighted by molar-refractivity contribution is -0.126. The van der Waals surface area contributed by atoms with Crippen LogP contribution >= 0.6 is 0 Å². The Morgan fingerprint density at radius 2 is 1.88 bits per heavy atom. The first-order valence-electron chi connectivity index (χ1n) is 11.6. The molecule has 0 spiro atoms. The number of amides is 1. The van der Waals surface area contributed by atoms with Crippen LogP contribution in [0.2, 0.25) is 0 Å². The fourth-order valence-corrected chi connectivity index (χ4v) is 6.27. The van der Waals surface area contributed by atoms with Gasteiger partial charge in [-0.25, -0.2) is 4.79 Å². The highest BCUT2D eigenvalue weighted by Gasteiger charge is 2.36. The van der Waals surface area contributed by atoms with Crippen LogP contribution in [0, 0.1) is 0 Å². The van der Waals surface area contributed by atoms with Crippen LogP contribution < -0.4 is 9.80 Å². The van der Waals surface area contributed by atoms with Crippen LogP contribution in [0.25, 0.3) is 0 Å². The van der Waals surface area contributed by atoms with E-state index in [9.17, 15) is 18.0 Å². The van der Waals surface area contributed by atoms with E-state index in [4.69, 9.17) is 4.74 Å². The van der Waals surface area contributed by atoms with Gasteiger partial charge in [-0.15, -0.1) is 4.40 Å². The van der Waals surface area contributed by atoms with E-state index < -0.39 is 22.1 Å². The third-order valence-corrected chi connectivity index (χ3v) is 7.99. The van der Waals surface area contributed by atoms with Gasteiger partial charge < -0.3 is 14.5 Å². The fraction of sp³-hybridized carbons (Fsp3) is 0.400. The Bertz CT molecular complexity index is 1300. The number of amidine groups is 1. The molecule has 3 aliphatic heterocycles. The number of para-hydroxylation sites is 1. The molecule has 9 heteroatoms. The largest absolute Gasteiger partial charge is 0.449 e. The number of sulfonamides is 1. The highest BCUT2D eigenvalue weighted by Crippen LogP contribution is 2.36. The summed E-state index contributed by atoms with van der Waals surface area (Å²) in [6.45, 7) is 4.18. The molecule has 3 heterocycles. The highest BCUT2D eigenvalue weighted by molar-refractivity contribution is 7.90. The van der Waals surface area contributed by atoms with Crippen LogP contribution in [0.15, 0.2) is 51.8 Å².